The molecule has 10 heteroatoms. The van der Waals surface area contributed by atoms with Gasteiger partial charge in [0.25, 0.3) is 12.3 Å². The van der Waals surface area contributed by atoms with Gasteiger partial charge in [-0.15, -0.1) is 0 Å². The first-order valence-electron chi connectivity index (χ1n) is 8.19. The quantitative estimate of drug-likeness (QED) is 0.661. The van der Waals surface area contributed by atoms with Crippen LogP contribution in [0.5, 0.6) is 5.75 Å². The number of para-hydroxylation sites is 1. The Morgan fingerprint density at radius 2 is 2.00 bits per heavy atom. The van der Waals surface area contributed by atoms with Crippen LogP contribution in [0.25, 0.3) is 0 Å². The van der Waals surface area contributed by atoms with Gasteiger partial charge in [0.05, 0.1) is 16.6 Å². The maximum Gasteiger partial charge on any atom is 0.283 e. The fourth-order valence-electron chi connectivity index (χ4n) is 2.72. The van der Waals surface area contributed by atoms with Gasteiger partial charge in [0.1, 0.15) is 17.9 Å². The normalized spacial score (nSPS) is 13.9. The van der Waals surface area contributed by atoms with Crippen molar-refractivity contribution in [3.8, 4) is 5.75 Å². The first-order chi connectivity index (χ1) is 12.8. The van der Waals surface area contributed by atoms with Gasteiger partial charge in [-0.2, -0.15) is 9.49 Å². The third-order valence-corrected chi connectivity index (χ3v) is 4.77. The number of carbonyl (C=O) groups excluding carboxylic acids is 1. The Morgan fingerprint density at radius 1 is 1.37 bits per heavy atom. The van der Waals surface area contributed by atoms with E-state index in [1.807, 2.05) is 0 Å². The summed E-state index contributed by atoms with van der Waals surface area (Å²) in [6.45, 7) is 0.0969. The molecule has 0 aliphatic heterocycles. The predicted octanol–water partition coefficient (Wildman–Crippen LogP) is 4.49. The molecule has 146 valence electrons. The lowest BCUT2D eigenvalue weighted by Gasteiger charge is -2.23. The second-order valence-corrected chi connectivity index (χ2v) is 6.92. The Hall–Kier alpha value is -1.93. The zero-order valence-electron chi connectivity index (χ0n) is 14.3. The molecule has 1 aromatic heterocycles. The standard InChI is InChI=1S/C17H16Cl2F3N3O2/c1-24-16(22)12(13(23-24)15(20)21)17(26)25(9-5-6-9)7-8-27-14-10(18)3-2-4-11(14)19/h2-4,9,15H,5-8H2,1H3. The van der Waals surface area contributed by atoms with Crippen LogP contribution in [0, 0.1) is 5.95 Å². The molecule has 1 heterocycles. The average molecular weight is 422 g/mol. The van der Waals surface area contributed by atoms with Crippen LogP contribution < -0.4 is 4.74 Å². The molecule has 0 saturated heterocycles. The Kier molecular flexibility index (Phi) is 5.86. The molecule has 0 unspecified atom stereocenters. The van der Waals surface area contributed by atoms with Crippen molar-refractivity contribution in [3.05, 3.63) is 45.4 Å². The van der Waals surface area contributed by atoms with E-state index in [9.17, 15) is 18.0 Å². The minimum absolute atomic E-state index is 0.0254. The summed E-state index contributed by atoms with van der Waals surface area (Å²) in [5, 5.41) is 4.04. The van der Waals surface area contributed by atoms with Crippen molar-refractivity contribution in [1.29, 1.82) is 0 Å². The highest BCUT2D eigenvalue weighted by Gasteiger charge is 2.38. The van der Waals surface area contributed by atoms with Crippen molar-refractivity contribution < 1.29 is 22.7 Å². The smallest absolute Gasteiger partial charge is 0.283 e. The van der Waals surface area contributed by atoms with Gasteiger partial charge < -0.3 is 9.64 Å². The molecule has 0 atom stereocenters. The summed E-state index contributed by atoms with van der Waals surface area (Å²) >= 11 is 12.0. The summed E-state index contributed by atoms with van der Waals surface area (Å²) in [6, 6.07) is 4.72. The number of amides is 1. The van der Waals surface area contributed by atoms with Gasteiger partial charge in [-0.1, -0.05) is 29.3 Å². The van der Waals surface area contributed by atoms with Gasteiger partial charge in [0, 0.05) is 13.1 Å². The van der Waals surface area contributed by atoms with Crippen LogP contribution in [0.1, 0.15) is 35.3 Å². The van der Waals surface area contributed by atoms with Gasteiger partial charge in [-0.25, -0.2) is 13.5 Å². The highest BCUT2D eigenvalue weighted by atomic mass is 35.5. The molecule has 3 rings (SSSR count). The highest BCUT2D eigenvalue weighted by Crippen LogP contribution is 2.34. The van der Waals surface area contributed by atoms with E-state index >= 15 is 0 Å². The molecular weight excluding hydrogens is 406 g/mol. The Morgan fingerprint density at radius 3 is 2.56 bits per heavy atom. The topological polar surface area (TPSA) is 47.4 Å². The predicted molar refractivity (Wildman–Crippen MR) is 94.1 cm³/mol. The van der Waals surface area contributed by atoms with Crippen molar-refractivity contribution in [3.63, 3.8) is 0 Å². The number of carbonyl (C=O) groups is 1. The average Bonchev–Trinajstić information content (AvgIpc) is 3.39. The monoisotopic (exact) mass is 421 g/mol. The van der Waals surface area contributed by atoms with E-state index in [4.69, 9.17) is 27.9 Å². The van der Waals surface area contributed by atoms with Crippen LogP contribution in [0.2, 0.25) is 10.0 Å². The maximum absolute atomic E-state index is 14.2. The van der Waals surface area contributed by atoms with E-state index in [1.165, 1.54) is 11.9 Å². The summed E-state index contributed by atoms with van der Waals surface area (Å²) in [5.41, 5.74) is -1.56. The number of benzene rings is 1. The van der Waals surface area contributed by atoms with Crippen LogP contribution in [-0.4, -0.2) is 39.8 Å². The van der Waals surface area contributed by atoms with Crippen molar-refractivity contribution in [2.24, 2.45) is 7.05 Å². The molecule has 0 spiro atoms. The number of halogens is 5. The maximum atomic E-state index is 14.2. The van der Waals surface area contributed by atoms with E-state index in [2.05, 4.69) is 5.10 Å². The fraction of sp³-hybridized carbons (Fsp3) is 0.412. The molecule has 2 aromatic rings. The van der Waals surface area contributed by atoms with Gasteiger partial charge in [-0.05, 0) is 25.0 Å². The minimum atomic E-state index is -3.06. The van der Waals surface area contributed by atoms with Gasteiger partial charge in [0.15, 0.2) is 5.75 Å². The second kappa shape index (κ2) is 7.98. The summed E-state index contributed by atoms with van der Waals surface area (Å²) in [5.74, 6) is -1.65. The largest absolute Gasteiger partial charge is 0.489 e. The lowest BCUT2D eigenvalue weighted by Crippen LogP contribution is -2.37. The van der Waals surface area contributed by atoms with Crippen molar-refractivity contribution >= 4 is 29.1 Å². The first-order valence-corrected chi connectivity index (χ1v) is 8.95. The van der Waals surface area contributed by atoms with E-state index in [-0.39, 0.29) is 24.9 Å². The van der Waals surface area contributed by atoms with Crippen LogP contribution in [0.15, 0.2) is 18.2 Å². The molecule has 0 radical (unpaired) electrons. The molecule has 0 bridgehead atoms. The van der Waals surface area contributed by atoms with E-state index < -0.39 is 29.5 Å². The zero-order valence-corrected chi connectivity index (χ0v) is 15.8. The van der Waals surface area contributed by atoms with E-state index in [0.717, 1.165) is 0 Å². The fourth-order valence-corrected chi connectivity index (χ4v) is 3.23. The highest BCUT2D eigenvalue weighted by molar-refractivity contribution is 6.37. The molecule has 1 aromatic carbocycles. The number of ether oxygens (including phenoxy) is 1. The van der Waals surface area contributed by atoms with Gasteiger partial charge in [-0.3, -0.25) is 4.79 Å². The van der Waals surface area contributed by atoms with E-state index in [0.29, 0.717) is 27.6 Å². The third-order valence-electron chi connectivity index (χ3n) is 4.17. The number of hydrogen-bond acceptors (Lipinski definition) is 3. The molecule has 1 fully saturated rings. The molecule has 1 saturated carbocycles. The lowest BCUT2D eigenvalue weighted by atomic mass is 10.2. The first kappa shape index (κ1) is 19.8. The SMILES string of the molecule is Cn1nc(C(F)F)c(C(=O)N(CCOc2c(Cl)cccc2Cl)C2CC2)c1F. The third kappa shape index (κ3) is 4.16. The van der Waals surface area contributed by atoms with Crippen molar-refractivity contribution in [2.45, 2.75) is 25.3 Å². The Labute approximate surface area is 163 Å². The number of hydrogen-bond donors (Lipinski definition) is 0. The van der Waals surface area contributed by atoms with Gasteiger partial charge in [0.2, 0.25) is 5.95 Å². The number of aromatic nitrogens is 2. The molecule has 27 heavy (non-hydrogen) atoms. The Bertz CT molecular complexity index is 836. The molecule has 1 aliphatic carbocycles. The number of aryl methyl sites for hydroxylation is 1. The number of rotatable bonds is 7. The van der Waals surface area contributed by atoms with E-state index in [1.54, 1.807) is 18.2 Å². The van der Waals surface area contributed by atoms with Crippen molar-refractivity contribution in [1.82, 2.24) is 14.7 Å². The summed E-state index contributed by atoms with van der Waals surface area (Å²) in [6.07, 6.45) is -1.63. The van der Waals surface area contributed by atoms with Crippen LogP contribution in [-0.2, 0) is 7.05 Å². The molecule has 5 nitrogen and oxygen atoms in total. The second-order valence-electron chi connectivity index (χ2n) is 6.10. The lowest BCUT2D eigenvalue weighted by molar-refractivity contribution is 0.0699. The molecule has 1 amide bonds. The molecule has 0 N–H and O–H groups in total. The minimum Gasteiger partial charge on any atom is -0.489 e. The summed E-state index contributed by atoms with van der Waals surface area (Å²) in [7, 11) is 1.17. The number of alkyl halides is 2. The Balaban J connectivity index is 1.76. The zero-order chi connectivity index (χ0) is 19.7. The van der Waals surface area contributed by atoms with Crippen LogP contribution >= 0.6 is 23.2 Å². The summed E-state index contributed by atoms with van der Waals surface area (Å²) < 4.78 is 46.7. The van der Waals surface area contributed by atoms with Gasteiger partial charge >= 0.3 is 0 Å². The van der Waals surface area contributed by atoms with Crippen LogP contribution in [0.4, 0.5) is 13.2 Å². The summed E-state index contributed by atoms with van der Waals surface area (Å²) in [4.78, 5) is 14.1. The van der Waals surface area contributed by atoms with Crippen molar-refractivity contribution in [2.75, 3.05) is 13.2 Å². The molecular formula is C17H16Cl2F3N3O2. The van der Waals surface area contributed by atoms with Crippen LogP contribution in [0.3, 0.4) is 0 Å². The number of nitrogens with zero attached hydrogens (tertiary/aromatic N) is 3. The molecule has 1 aliphatic rings.